The molecular formula is C20H24N2O3. The topological polar surface area (TPSA) is 51.7 Å². The van der Waals surface area contributed by atoms with Gasteiger partial charge in [0.25, 0.3) is 0 Å². The van der Waals surface area contributed by atoms with E-state index in [1.165, 1.54) is 0 Å². The minimum Gasteiger partial charge on any atom is -0.497 e. The van der Waals surface area contributed by atoms with Crippen molar-refractivity contribution in [2.75, 3.05) is 14.2 Å². The van der Waals surface area contributed by atoms with Crippen molar-refractivity contribution < 1.29 is 14.3 Å². The minimum absolute atomic E-state index is 0.177. The highest BCUT2D eigenvalue weighted by molar-refractivity contribution is 5.77. The molecule has 1 saturated carbocycles. The second-order valence-electron chi connectivity index (χ2n) is 6.29. The first kappa shape index (κ1) is 17.3. The molecule has 0 unspecified atom stereocenters. The van der Waals surface area contributed by atoms with Crippen LogP contribution in [0.25, 0.3) is 0 Å². The highest BCUT2D eigenvalue weighted by Gasteiger charge is 2.32. The quantitative estimate of drug-likeness (QED) is 0.740. The molecule has 5 nitrogen and oxygen atoms in total. The Balaban J connectivity index is 1.70. The lowest BCUT2D eigenvalue weighted by Gasteiger charge is -2.24. The van der Waals surface area contributed by atoms with Crippen molar-refractivity contribution in [3.63, 3.8) is 0 Å². The van der Waals surface area contributed by atoms with Gasteiger partial charge in [0.15, 0.2) is 0 Å². The van der Waals surface area contributed by atoms with Gasteiger partial charge in [-0.2, -0.15) is 0 Å². The lowest BCUT2D eigenvalue weighted by Crippen LogP contribution is -2.32. The number of aryl methyl sites for hydroxylation is 1. The molecule has 1 aliphatic carbocycles. The molecule has 0 N–H and O–H groups in total. The van der Waals surface area contributed by atoms with Crippen molar-refractivity contribution >= 4 is 5.91 Å². The van der Waals surface area contributed by atoms with Crippen molar-refractivity contribution in [3.8, 4) is 11.5 Å². The van der Waals surface area contributed by atoms with Gasteiger partial charge < -0.3 is 14.4 Å². The fourth-order valence-electron chi connectivity index (χ4n) is 2.94. The average Bonchev–Trinajstić information content (AvgIpc) is 3.49. The molecule has 0 spiro atoms. The predicted molar refractivity (Wildman–Crippen MR) is 95.7 cm³/mol. The maximum atomic E-state index is 12.8. The van der Waals surface area contributed by atoms with Gasteiger partial charge in [-0.1, -0.05) is 6.07 Å². The molecule has 0 atom stereocenters. The average molecular weight is 340 g/mol. The summed E-state index contributed by atoms with van der Waals surface area (Å²) in [7, 11) is 3.29. The third-order valence-corrected chi connectivity index (χ3v) is 4.49. The van der Waals surface area contributed by atoms with Gasteiger partial charge in [-0.05, 0) is 49.1 Å². The second-order valence-corrected chi connectivity index (χ2v) is 6.29. The summed E-state index contributed by atoms with van der Waals surface area (Å²) >= 11 is 0. The lowest BCUT2D eigenvalue weighted by atomic mass is 10.1. The van der Waals surface area contributed by atoms with E-state index in [1.807, 2.05) is 41.4 Å². The van der Waals surface area contributed by atoms with E-state index in [4.69, 9.17) is 9.47 Å². The van der Waals surface area contributed by atoms with Crippen molar-refractivity contribution in [2.45, 2.75) is 38.3 Å². The summed E-state index contributed by atoms with van der Waals surface area (Å²) in [6.07, 6.45) is 6.92. The Labute approximate surface area is 148 Å². The van der Waals surface area contributed by atoms with Crippen molar-refractivity contribution in [3.05, 3.63) is 53.9 Å². The van der Waals surface area contributed by atoms with Crippen LogP contribution in [0.4, 0.5) is 0 Å². The molecule has 0 aliphatic heterocycles. The summed E-state index contributed by atoms with van der Waals surface area (Å²) in [5, 5.41) is 0. The molecule has 0 bridgehead atoms. The van der Waals surface area contributed by atoms with Crippen LogP contribution in [0.15, 0.2) is 42.7 Å². The first-order chi connectivity index (χ1) is 12.2. The zero-order valence-corrected chi connectivity index (χ0v) is 14.8. The van der Waals surface area contributed by atoms with Gasteiger partial charge in [0.2, 0.25) is 5.91 Å². The number of benzene rings is 1. The van der Waals surface area contributed by atoms with E-state index in [1.54, 1.807) is 20.4 Å². The molecular weight excluding hydrogens is 316 g/mol. The molecule has 1 fully saturated rings. The molecule has 5 heteroatoms. The number of ether oxygens (including phenoxy) is 2. The van der Waals surface area contributed by atoms with Crippen LogP contribution in [0.1, 0.15) is 30.4 Å². The molecule has 3 rings (SSSR count). The van der Waals surface area contributed by atoms with Crippen LogP contribution in [0.3, 0.4) is 0 Å². The minimum atomic E-state index is 0.177. The number of hydrogen-bond donors (Lipinski definition) is 0. The fraction of sp³-hybridized carbons (Fsp3) is 0.400. The zero-order valence-electron chi connectivity index (χ0n) is 14.8. The molecule has 132 valence electrons. The van der Waals surface area contributed by atoms with Gasteiger partial charge in [0.1, 0.15) is 11.5 Å². The van der Waals surface area contributed by atoms with Crippen molar-refractivity contribution in [1.82, 2.24) is 9.88 Å². The number of carbonyl (C=O) groups is 1. The number of rotatable bonds is 8. The van der Waals surface area contributed by atoms with Crippen LogP contribution in [0, 0.1) is 0 Å². The molecule has 1 aromatic carbocycles. The smallest absolute Gasteiger partial charge is 0.223 e. The molecule has 2 aromatic rings. The molecule has 1 amide bonds. The number of methoxy groups -OCH3 is 2. The summed E-state index contributed by atoms with van der Waals surface area (Å²) < 4.78 is 10.8. The van der Waals surface area contributed by atoms with Gasteiger partial charge in [-0.15, -0.1) is 0 Å². The number of nitrogens with zero attached hydrogens (tertiary/aromatic N) is 2. The van der Waals surface area contributed by atoms with Crippen LogP contribution in [-0.4, -0.2) is 36.1 Å². The van der Waals surface area contributed by atoms with Crippen molar-refractivity contribution in [2.24, 2.45) is 0 Å². The Morgan fingerprint density at radius 3 is 2.72 bits per heavy atom. The Morgan fingerprint density at radius 2 is 2.08 bits per heavy atom. The van der Waals surface area contributed by atoms with Crippen LogP contribution >= 0.6 is 0 Å². The fourth-order valence-corrected chi connectivity index (χ4v) is 2.94. The number of aromatic nitrogens is 1. The second kappa shape index (κ2) is 8.01. The molecule has 0 saturated heterocycles. The largest absolute Gasteiger partial charge is 0.497 e. The first-order valence-electron chi connectivity index (χ1n) is 8.60. The van der Waals surface area contributed by atoms with Gasteiger partial charge in [0.05, 0.1) is 14.2 Å². The monoisotopic (exact) mass is 340 g/mol. The van der Waals surface area contributed by atoms with Gasteiger partial charge in [-0.25, -0.2) is 0 Å². The maximum Gasteiger partial charge on any atom is 0.223 e. The van der Waals surface area contributed by atoms with Crippen molar-refractivity contribution in [1.29, 1.82) is 0 Å². The Kier molecular flexibility index (Phi) is 5.53. The standard InChI is InChI=1S/C20H24N2O3/c1-24-18-8-9-19(25-2)16(12-18)14-22(17-6-7-17)20(23)10-5-15-4-3-11-21-13-15/h3-4,8-9,11-13,17H,5-7,10,14H2,1-2H3. The molecule has 25 heavy (non-hydrogen) atoms. The summed E-state index contributed by atoms with van der Waals surface area (Å²) in [5.74, 6) is 1.73. The van der Waals surface area contributed by atoms with Gasteiger partial charge >= 0.3 is 0 Å². The predicted octanol–water partition coefficient (Wildman–Crippen LogP) is 3.22. The maximum absolute atomic E-state index is 12.8. The normalized spacial score (nSPS) is 13.4. The van der Waals surface area contributed by atoms with Crippen LogP contribution in [-0.2, 0) is 17.8 Å². The molecule has 1 aromatic heterocycles. The SMILES string of the molecule is COc1ccc(OC)c(CN(C(=O)CCc2cccnc2)C2CC2)c1. The summed E-state index contributed by atoms with van der Waals surface area (Å²) in [5.41, 5.74) is 2.06. The Morgan fingerprint density at radius 1 is 1.24 bits per heavy atom. The summed E-state index contributed by atoms with van der Waals surface area (Å²) in [6, 6.07) is 9.96. The van der Waals surface area contributed by atoms with E-state index in [0.717, 1.165) is 35.5 Å². The highest BCUT2D eigenvalue weighted by atomic mass is 16.5. The first-order valence-corrected chi connectivity index (χ1v) is 8.60. The van der Waals surface area contributed by atoms with Crippen LogP contribution < -0.4 is 9.47 Å². The highest BCUT2D eigenvalue weighted by Crippen LogP contribution is 2.32. The number of pyridine rings is 1. The van der Waals surface area contributed by atoms with Gasteiger partial charge in [0, 0.05) is 37.0 Å². The lowest BCUT2D eigenvalue weighted by molar-refractivity contribution is -0.132. The zero-order chi connectivity index (χ0) is 17.6. The third kappa shape index (κ3) is 4.50. The third-order valence-electron chi connectivity index (χ3n) is 4.49. The van der Waals surface area contributed by atoms with Crippen LogP contribution in [0.2, 0.25) is 0 Å². The van der Waals surface area contributed by atoms with E-state index in [-0.39, 0.29) is 5.91 Å². The molecule has 1 aliphatic rings. The Hall–Kier alpha value is -2.56. The molecule has 0 radical (unpaired) electrons. The number of hydrogen-bond acceptors (Lipinski definition) is 4. The molecule has 1 heterocycles. The number of amides is 1. The van der Waals surface area contributed by atoms with E-state index in [2.05, 4.69) is 4.98 Å². The van der Waals surface area contributed by atoms with Gasteiger partial charge in [-0.3, -0.25) is 9.78 Å². The van der Waals surface area contributed by atoms with E-state index in [9.17, 15) is 4.79 Å². The number of carbonyl (C=O) groups excluding carboxylic acids is 1. The van der Waals surface area contributed by atoms with Crippen LogP contribution in [0.5, 0.6) is 11.5 Å². The van der Waals surface area contributed by atoms with E-state index in [0.29, 0.717) is 25.4 Å². The van der Waals surface area contributed by atoms with E-state index >= 15 is 0 Å². The Bertz CT molecular complexity index is 714. The van der Waals surface area contributed by atoms with E-state index < -0.39 is 0 Å². The summed E-state index contributed by atoms with van der Waals surface area (Å²) in [6.45, 7) is 0.552. The summed E-state index contributed by atoms with van der Waals surface area (Å²) in [4.78, 5) is 18.9.